The van der Waals surface area contributed by atoms with Crippen molar-refractivity contribution in [1.29, 1.82) is 0 Å². The maximum Gasteiger partial charge on any atom is 0.266 e. The van der Waals surface area contributed by atoms with Crippen LogP contribution < -0.4 is 4.31 Å². The first kappa shape index (κ1) is 22.3. The van der Waals surface area contributed by atoms with Crippen molar-refractivity contribution in [2.24, 2.45) is 0 Å². The van der Waals surface area contributed by atoms with E-state index >= 15 is 0 Å². The van der Waals surface area contributed by atoms with Gasteiger partial charge in [-0.2, -0.15) is 0 Å². The van der Waals surface area contributed by atoms with Crippen molar-refractivity contribution in [1.82, 2.24) is 4.90 Å². The maximum absolute atomic E-state index is 13.8. The highest BCUT2D eigenvalue weighted by Gasteiger charge is 2.29. The summed E-state index contributed by atoms with van der Waals surface area (Å²) in [6, 6.07) is 22.6. The van der Waals surface area contributed by atoms with E-state index in [1.807, 2.05) is 36.4 Å². The number of amides is 1. The summed E-state index contributed by atoms with van der Waals surface area (Å²) in [6.45, 7) is 1.99. The Labute approximate surface area is 193 Å². The Morgan fingerprint density at radius 1 is 0.938 bits per heavy atom. The molecule has 166 valence electrons. The van der Waals surface area contributed by atoms with Crippen LogP contribution in [0.1, 0.15) is 15.9 Å². The smallest absolute Gasteiger partial charge is 0.266 e. The number of carbonyl (C=O) groups is 1. The molecule has 3 aromatic rings. The molecule has 0 saturated carbocycles. The van der Waals surface area contributed by atoms with Crippen LogP contribution in [0.25, 0.3) is 0 Å². The average molecular weight is 471 g/mol. The van der Waals surface area contributed by atoms with Crippen LogP contribution in [0.2, 0.25) is 5.02 Å². The molecule has 1 aliphatic heterocycles. The lowest BCUT2D eigenvalue weighted by Crippen LogP contribution is -2.40. The van der Waals surface area contributed by atoms with Crippen molar-refractivity contribution >= 4 is 33.2 Å². The van der Waals surface area contributed by atoms with Gasteiger partial charge in [0, 0.05) is 18.7 Å². The Balaban J connectivity index is 1.74. The van der Waals surface area contributed by atoms with E-state index in [-0.39, 0.29) is 27.9 Å². The van der Waals surface area contributed by atoms with Crippen molar-refractivity contribution in [2.45, 2.75) is 11.4 Å². The van der Waals surface area contributed by atoms with Gasteiger partial charge in [0.15, 0.2) is 0 Å². The number of benzene rings is 3. The van der Waals surface area contributed by atoms with Gasteiger partial charge in [-0.05, 0) is 35.9 Å². The van der Waals surface area contributed by atoms with E-state index in [9.17, 15) is 13.2 Å². The molecule has 0 spiro atoms. The fourth-order valence-electron chi connectivity index (χ4n) is 3.56. The lowest BCUT2D eigenvalue weighted by atomic mass is 10.2. The van der Waals surface area contributed by atoms with Gasteiger partial charge in [-0.25, -0.2) is 8.42 Å². The number of ether oxygens (including phenoxy) is 1. The summed E-state index contributed by atoms with van der Waals surface area (Å²) in [5.74, 6) is -0.240. The number of carbonyl (C=O) groups excluding carboxylic acids is 1. The Kier molecular flexibility index (Phi) is 6.79. The summed E-state index contributed by atoms with van der Waals surface area (Å²) < 4.78 is 34.2. The zero-order chi connectivity index (χ0) is 22.6. The minimum Gasteiger partial charge on any atom is -0.378 e. The Hall–Kier alpha value is -2.87. The largest absolute Gasteiger partial charge is 0.378 e. The quantitative estimate of drug-likeness (QED) is 0.541. The van der Waals surface area contributed by atoms with Crippen LogP contribution in [0.5, 0.6) is 0 Å². The molecule has 1 heterocycles. The van der Waals surface area contributed by atoms with Crippen molar-refractivity contribution in [3.63, 3.8) is 0 Å². The topological polar surface area (TPSA) is 66.9 Å². The molecular weight excluding hydrogens is 448 g/mol. The molecule has 6 nitrogen and oxygen atoms in total. The summed E-state index contributed by atoms with van der Waals surface area (Å²) in [6.07, 6.45) is 0. The Bertz CT molecular complexity index is 1180. The van der Waals surface area contributed by atoms with Crippen molar-refractivity contribution in [2.75, 3.05) is 30.6 Å². The van der Waals surface area contributed by atoms with E-state index in [4.69, 9.17) is 16.3 Å². The molecule has 1 amide bonds. The van der Waals surface area contributed by atoms with Gasteiger partial charge in [0.1, 0.15) is 4.90 Å². The first-order chi connectivity index (χ1) is 15.5. The minimum atomic E-state index is -4.06. The fraction of sp³-hybridized carbons (Fsp3) is 0.208. The lowest BCUT2D eigenvalue weighted by molar-refractivity contribution is 0.0302. The number of rotatable bonds is 6. The van der Waals surface area contributed by atoms with Gasteiger partial charge in [-0.1, -0.05) is 60.1 Å². The molecule has 32 heavy (non-hydrogen) atoms. The van der Waals surface area contributed by atoms with Gasteiger partial charge in [-0.3, -0.25) is 9.10 Å². The number of anilines is 1. The minimum absolute atomic E-state index is 0.0671. The molecule has 4 rings (SSSR count). The first-order valence-electron chi connectivity index (χ1n) is 10.2. The highest BCUT2D eigenvalue weighted by molar-refractivity contribution is 7.93. The molecule has 0 aliphatic carbocycles. The molecule has 1 saturated heterocycles. The standard InChI is InChI=1S/C24H23ClN2O4S/c25-22-12-11-20(24(28)26-13-15-31-16-14-26)17-23(22)32(29,30)27(21-9-5-2-6-10-21)18-19-7-3-1-4-8-19/h1-12,17H,13-16,18H2. The van der Waals surface area contributed by atoms with E-state index < -0.39 is 10.0 Å². The van der Waals surface area contributed by atoms with E-state index in [1.165, 1.54) is 16.4 Å². The monoisotopic (exact) mass is 470 g/mol. The van der Waals surface area contributed by atoms with Crippen LogP contribution in [0.3, 0.4) is 0 Å². The number of para-hydroxylation sites is 1. The molecular formula is C24H23ClN2O4S. The van der Waals surface area contributed by atoms with Gasteiger partial charge in [0.05, 0.1) is 30.5 Å². The molecule has 3 aromatic carbocycles. The zero-order valence-electron chi connectivity index (χ0n) is 17.4. The number of halogens is 1. The summed E-state index contributed by atoms with van der Waals surface area (Å²) >= 11 is 6.35. The number of nitrogens with zero attached hydrogens (tertiary/aromatic N) is 2. The Morgan fingerprint density at radius 3 is 2.22 bits per heavy atom. The van der Waals surface area contributed by atoms with Crippen LogP contribution in [0, 0.1) is 0 Å². The SMILES string of the molecule is O=C(c1ccc(Cl)c(S(=O)(=O)N(Cc2ccccc2)c2ccccc2)c1)N1CCOCC1. The molecule has 0 bridgehead atoms. The number of morpholine rings is 1. The van der Waals surface area contributed by atoms with E-state index in [1.54, 1.807) is 35.2 Å². The predicted octanol–water partition coefficient (Wildman–Crippen LogP) is 4.21. The maximum atomic E-state index is 13.8. The molecule has 1 fully saturated rings. The third kappa shape index (κ3) is 4.80. The molecule has 1 aliphatic rings. The number of sulfonamides is 1. The summed E-state index contributed by atoms with van der Waals surface area (Å²) in [5.41, 5.74) is 1.62. The van der Waals surface area contributed by atoms with Crippen molar-refractivity contribution in [3.8, 4) is 0 Å². The second-order valence-corrected chi connectivity index (χ2v) is 9.62. The molecule has 0 atom stereocenters. The second kappa shape index (κ2) is 9.73. The zero-order valence-corrected chi connectivity index (χ0v) is 18.9. The van der Waals surface area contributed by atoms with Crippen LogP contribution >= 0.6 is 11.6 Å². The van der Waals surface area contributed by atoms with Crippen LogP contribution in [0.15, 0.2) is 83.8 Å². The van der Waals surface area contributed by atoms with Gasteiger partial charge >= 0.3 is 0 Å². The van der Waals surface area contributed by atoms with Crippen molar-refractivity contribution in [3.05, 3.63) is 95.0 Å². The van der Waals surface area contributed by atoms with Gasteiger partial charge in [-0.15, -0.1) is 0 Å². The van der Waals surface area contributed by atoms with E-state index in [0.717, 1.165) is 5.56 Å². The van der Waals surface area contributed by atoms with E-state index in [0.29, 0.717) is 32.0 Å². The summed E-state index contributed by atoms with van der Waals surface area (Å²) in [4.78, 5) is 14.5. The van der Waals surface area contributed by atoms with Gasteiger partial charge < -0.3 is 9.64 Å². The lowest BCUT2D eigenvalue weighted by Gasteiger charge is -2.28. The molecule has 0 aromatic heterocycles. The Morgan fingerprint density at radius 2 is 1.56 bits per heavy atom. The summed E-state index contributed by atoms with van der Waals surface area (Å²) in [5, 5.41) is 0.0671. The van der Waals surface area contributed by atoms with Crippen LogP contribution in [-0.4, -0.2) is 45.5 Å². The number of hydrogen-bond acceptors (Lipinski definition) is 4. The predicted molar refractivity (Wildman–Crippen MR) is 124 cm³/mol. The summed E-state index contributed by atoms with van der Waals surface area (Å²) in [7, 11) is -4.06. The molecule has 0 N–H and O–H groups in total. The normalized spacial score (nSPS) is 14.2. The highest BCUT2D eigenvalue weighted by Crippen LogP contribution is 2.31. The second-order valence-electron chi connectivity index (χ2n) is 7.38. The van der Waals surface area contributed by atoms with Crippen LogP contribution in [0.4, 0.5) is 5.69 Å². The molecule has 0 unspecified atom stereocenters. The van der Waals surface area contributed by atoms with Gasteiger partial charge in [0.2, 0.25) is 0 Å². The third-order valence-electron chi connectivity index (χ3n) is 5.26. The van der Waals surface area contributed by atoms with Gasteiger partial charge in [0.25, 0.3) is 15.9 Å². The first-order valence-corrected chi connectivity index (χ1v) is 12.1. The fourth-order valence-corrected chi connectivity index (χ4v) is 5.52. The number of hydrogen-bond donors (Lipinski definition) is 0. The molecule has 0 radical (unpaired) electrons. The third-order valence-corrected chi connectivity index (χ3v) is 7.51. The average Bonchev–Trinajstić information content (AvgIpc) is 2.84. The van der Waals surface area contributed by atoms with Crippen molar-refractivity contribution < 1.29 is 17.9 Å². The van der Waals surface area contributed by atoms with E-state index in [2.05, 4.69) is 0 Å². The molecule has 8 heteroatoms. The highest BCUT2D eigenvalue weighted by atomic mass is 35.5. The van der Waals surface area contributed by atoms with Crippen LogP contribution in [-0.2, 0) is 21.3 Å².